The van der Waals surface area contributed by atoms with Crippen molar-refractivity contribution in [1.82, 2.24) is 4.90 Å². The van der Waals surface area contributed by atoms with Crippen molar-refractivity contribution >= 4 is 12.0 Å². The summed E-state index contributed by atoms with van der Waals surface area (Å²) in [6.45, 7) is 2.08. The molecule has 1 amide bonds. The molecular weight excluding hydrogens is 285 g/mol. The number of halogens is 1. The zero-order valence-electron chi connectivity index (χ0n) is 12.5. The summed E-state index contributed by atoms with van der Waals surface area (Å²) in [5.41, 5.74) is 1.26. The molecule has 1 aromatic rings. The molecule has 0 atom stereocenters. The smallest absolute Gasteiger partial charge is 0.246 e. The van der Waals surface area contributed by atoms with Gasteiger partial charge in [0.25, 0.3) is 0 Å². The number of ether oxygens (including phenoxy) is 2. The van der Waals surface area contributed by atoms with E-state index >= 15 is 0 Å². The molecule has 22 heavy (non-hydrogen) atoms. The largest absolute Gasteiger partial charge is 0.467 e. The highest BCUT2D eigenvalue weighted by Crippen LogP contribution is 2.30. The molecule has 0 bridgehead atoms. The Morgan fingerprint density at radius 3 is 2.73 bits per heavy atom. The Balaban J connectivity index is 1.77. The highest BCUT2D eigenvalue weighted by atomic mass is 19.1. The van der Waals surface area contributed by atoms with Crippen LogP contribution in [-0.2, 0) is 16.1 Å². The molecule has 2 aliphatic rings. The van der Waals surface area contributed by atoms with Crippen molar-refractivity contribution in [2.45, 2.75) is 32.3 Å². The highest BCUT2D eigenvalue weighted by Gasteiger charge is 2.17. The van der Waals surface area contributed by atoms with E-state index in [1.165, 1.54) is 31.1 Å². The summed E-state index contributed by atoms with van der Waals surface area (Å²) >= 11 is 0. The standard InChI is InChI=1S/C17H20FNO3/c18-15-9-13(17-14(10-15)11-21-12-22-17)5-6-16(20)19-7-3-1-2-4-8-19/h5-6,9-10H,1-4,7-8,11-12H2/b6-5+. The van der Waals surface area contributed by atoms with E-state index in [4.69, 9.17) is 9.47 Å². The van der Waals surface area contributed by atoms with Gasteiger partial charge in [-0.3, -0.25) is 4.79 Å². The van der Waals surface area contributed by atoms with Crippen molar-refractivity contribution < 1.29 is 18.7 Å². The Morgan fingerprint density at radius 1 is 1.18 bits per heavy atom. The lowest BCUT2D eigenvalue weighted by atomic mass is 10.1. The molecule has 4 nitrogen and oxygen atoms in total. The number of amides is 1. The van der Waals surface area contributed by atoms with Crippen LogP contribution in [0.4, 0.5) is 4.39 Å². The lowest BCUT2D eigenvalue weighted by molar-refractivity contribution is -0.125. The van der Waals surface area contributed by atoms with Gasteiger partial charge in [0.1, 0.15) is 11.6 Å². The molecule has 1 saturated heterocycles. The van der Waals surface area contributed by atoms with E-state index in [2.05, 4.69) is 0 Å². The number of nitrogens with zero attached hydrogens (tertiary/aromatic N) is 1. The number of fused-ring (bicyclic) bond motifs is 1. The van der Waals surface area contributed by atoms with Gasteiger partial charge in [0, 0.05) is 30.3 Å². The number of hydrogen-bond donors (Lipinski definition) is 0. The lowest BCUT2D eigenvalue weighted by Crippen LogP contribution is -2.30. The molecule has 2 aliphatic heterocycles. The molecule has 1 aromatic carbocycles. The van der Waals surface area contributed by atoms with Crippen LogP contribution in [0.2, 0.25) is 0 Å². The maximum absolute atomic E-state index is 13.6. The van der Waals surface area contributed by atoms with Crippen LogP contribution in [0.1, 0.15) is 36.8 Å². The van der Waals surface area contributed by atoms with Crippen LogP contribution in [0.3, 0.4) is 0 Å². The van der Waals surface area contributed by atoms with E-state index < -0.39 is 0 Å². The van der Waals surface area contributed by atoms with Crippen LogP contribution < -0.4 is 4.74 Å². The number of carbonyl (C=O) groups is 1. The van der Waals surface area contributed by atoms with Crippen molar-refractivity contribution in [2.75, 3.05) is 19.9 Å². The monoisotopic (exact) mass is 305 g/mol. The Labute approximate surface area is 129 Å². The quantitative estimate of drug-likeness (QED) is 0.788. The first kappa shape index (κ1) is 15.0. The molecule has 0 spiro atoms. The molecule has 5 heteroatoms. The van der Waals surface area contributed by atoms with Crippen LogP contribution in [-0.4, -0.2) is 30.7 Å². The van der Waals surface area contributed by atoms with Crippen LogP contribution in [0.25, 0.3) is 6.08 Å². The summed E-state index contributed by atoms with van der Waals surface area (Å²) in [7, 11) is 0. The Bertz CT molecular complexity index is 578. The van der Waals surface area contributed by atoms with Crippen molar-refractivity contribution in [3.63, 3.8) is 0 Å². The summed E-state index contributed by atoms with van der Waals surface area (Å²) in [4.78, 5) is 14.1. The third-order valence-corrected chi connectivity index (χ3v) is 4.03. The van der Waals surface area contributed by atoms with Crippen LogP contribution in [0.5, 0.6) is 5.75 Å². The van der Waals surface area contributed by atoms with Gasteiger partial charge in [-0.2, -0.15) is 0 Å². The minimum atomic E-state index is -0.352. The van der Waals surface area contributed by atoms with Crippen LogP contribution >= 0.6 is 0 Å². The summed E-state index contributed by atoms with van der Waals surface area (Å²) in [6, 6.07) is 2.79. The van der Waals surface area contributed by atoms with Gasteiger partial charge in [-0.25, -0.2) is 4.39 Å². The predicted octanol–water partition coefficient (Wildman–Crippen LogP) is 3.11. The average Bonchev–Trinajstić information content (AvgIpc) is 2.81. The summed E-state index contributed by atoms with van der Waals surface area (Å²) in [5.74, 6) is 0.231. The molecule has 118 valence electrons. The van der Waals surface area contributed by atoms with Gasteiger partial charge in [0.2, 0.25) is 5.91 Å². The van der Waals surface area contributed by atoms with Crippen molar-refractivity contribution in [1.29, 1.82) is 0 Å². The van der Waals surface area contributed by atoms with E-state index in [1.54, 1.807) is 6.08 Å². The third-order valence-electron chi connectivity index (χ3n) is 4.03. The normalized spacial score (nSPS) is 18.7. The first-order valence-corrected chi connectivity index (χ1v) is 7.74. The number of hydrogen-bond acceptors (Lipinski definition) is 3. The molecule has 3 rings (SSSR count). The van der Waals surface area contributed by atoms with E-state index in [-0.39, 0.29) is 18.5 Å². The fourth-order valence-corrected chi connectivity index (χ4v) is 2.89. The highest BCUT2D eigenvalue weighted by molar-refractivity contribution is 5.92. The number of carbonyl (C=O) groups excluding carboxylic acids is 1. The zero-order chi connectivity index (χ0) is 15.4. The molecular formula is C17H20FNO3. The minimum absolute atomic E-state index is 0.0213. The van der Waals surface area contributed by atoms with Crippen molar-refractivity contribution in [3.8, 4) is 5.75 Å². The number of benzene rings is 1. The third kappa shape index (κ3) is 3.47. The maximum Gasteiger partial charge on any atom is 0.246 e. The topological polar surface area (TPSA) is 38.8 Å². The van der Waals surface area contributed by atoms with Gasteiger partial charge >= 0.3 is 0 Å². The van der Waals surface area contributed by atoms with E-state index in [9.17, 15) is 9.18 Å². The second-order valence-electron chi connectivity index (χ2n) is 5.67. The lowest BCUT2D eigenvalue weighted by Gasteiger charge is -2.20. The summed E-state index contributed by atoms with van der Waals surface area (Å²) in [6.07, 6.45) is 7.61. The van der Waals surface area contributed by atoms with Crippen LogP contribution in [0, 0.1) is 5.82 Å². The van der Waals surface area contributed by atoms with Gasteiger partial charge in [-0.15, -0.1) is 0 Å². The molecule has 0 N–H and O–H groups in total. The second kappa shape index (κ2) is 6.92. The van der Waals surface area contributed by atoms with Gasteiger partial charge in [-0.1, -0.05) is 12.8 Å². The van der Waals surface area contributed by atoms with E-state index in [0.29, 0.717) is 23.5 Å². The van der Waals surface area contributed by atoms with Crippen LogP contribution in [0.15, 0.2) is 18.2 Å². The second-order valence-corrected chi connectivity index (χ2v) is 5.67. The molecule has 0 aliphatic carbocycles. The Morgan fingerprint density at radius 2 is 1.95 bits per heavy atom. The fourth-order valence-electron chi connectivity index (χ4n) is 2.89. The number of likely N-dealkylation sites (tertiary alicyclic amines) is 1. The number of rotatable bonds is 2. The molecule has 0 saturated carbocycles. The molecule has 0 radical (unpaired) electrons. The van der Waals surface area contributed by atoms with E-state index in [0.717, 1.165) is 25.9 Å². The van der Waals surface area contributed by atoms with Gasteiger partial charge in [0.05, 0.1) is 6.61 Å². The molecule has 0 aromatic heterocycles. The predicted molar refractivity (Wildman–Crippen MR) is 80.8 cm³/mol. The maximum atomic E-state index is 13.6. The average molecular weight is 305 g/mol. The summed E-state index contributed by atoms with van der Waals surface area (Å²) in [5, 5.41) is 0. The van der Waals surface area contributed by atoms with Gasteiger partial charge in [0.15, 0.2) is 6.79 Å². The molecule has 0 unspecified atom stereocenters. The fraction of sp³-hybridized carbons (Fsp3) is 0.471. The van der Waals surface area contributed by atoms with Crippen molar-refractivity contribution in [2.24, 2.45) is 0 Å². The first-order chi connectivity index (χ1) is 10.7. The van der Waals surface area contributed by atoms with E-state index in [1.807, 2.05) is 4.90 Å². The van der Waals surface area contributed by atoms with Gasteiger partial charge in [-0.05, 0) is 31.1 Å². The summed E-state index contributed by atoms with van der Waals surface area (Å²) < 4.78 is 24.2. The SMILES string of the molecule is O=C(/C=C/c1cc(F)cc2c1OCOC2)N1CCCCCC1. The first-order valence-electron chi connectivity index (χ1n) is 7.74. The Hall–Kier alpha value is -1.88. The Kier molecular flexibility index (Phi) is 4.73. The molecule has 2 heterocycles. The molecule has 1 fully saturated rings. The van der Waals surface area contributed by atoms with Crippen molar-refractivity contribution in [3.05, 3.63) is 35.2 Å². The van der Waals surface area contributed by atoms with Gasteiger partial charge < -0.3 is 14.4 Å². The zero-order valence-corrected chi connectivity index (χ0v) is 12.5. The minimum Gasteiger partial charge on any atom is -0.467 e.